The van der Waals surface area contributed by atoms with Crippen LogP contribution in [0.15, 0.2) is 65.7 Å². The van der Waals surface area contributed by atoms with Gasteiger partial charge in [-0.05, 0) is 36.4 Å². The molecule has 1 amide bonds. The standard InChI is InChI=1S/C19H16N4O4S/c1-27-16-4-2-3-14(11-16)20-18(24)12-28-19-10-9-17(21-22-19)13-5-7-15(8-6-13)23(25)26/h2-11H,12H2,1H3,(H,20,24). The van der Waals surface area contributed by atoms with E-state index in [1.165, 1.54) is 23.9 Å². The molecule has 8 nitrogen and oxygen atoms in total. The molecule has 1 aromatic heterocycles. The molecule has 0 saturated carbocycles. The summed E-state index contributed by atoms with van der Waals surface area (Å²) >= 11 is 1.26. The Balaban J connectivity index is 1.56. The molecule has 0 radical (unpaired) electrons. The van der Waals surface area contributed by atoms with Crippen molar-refractivity contribution in [2.24, 2.45) is 0 Å². The fourth-order valence-electron chi connectivity index (χ4n) is 2.34. The highest BCUT2D eigenvalue weighted by molar-refractivity contribution is 7.99. The Morgan fingerprint density at radius 2 is 1.93 bits per heavy atom. The molecule has 142 valence electrons. The molecule has 0 bridgehead atoms. The molecule has 3 rings (SSSR count). The normalized spacial score (nSPS) is 10.3. The first-order valence-electron chi connectivity index (χ1n) is 8.20. The van der Waals surface area contributed by atoms with E-state index in [9.17, 15) is 14.9 Å². The number of hydrogen-bond acceptors (Lipinski definition) is 7. The first-order chi connectivity index (χ1) is 13.5. The minimum Gasteiger partial charge on any atom is -0.497 e. The van der Waals surface area contributed by atoms with E-state index >= 15 is 0 Å². The SMILES string of the molecule is COc1cccc(NC(=O)CSc2ccc(-c3ccc([N+](=O)[O-])cc3)nn2)c1. The van der Waals surface area contributed by atoms with E-state index in [2.05, 4.69) is 15.5 Å². The lowest BCUT2D eigenvalue weighted by molar-refractivity contribution is -0.384. The number of benzene rings is 2. The van der Waals surface area contributed by atoms with E-state index in [0.29, 0.717) is 22.2 Å². The van der Waals surface area contributed by atoms with E-state index in [0.717, 1.165) is 5.56 Å². The Morgan fingerprint density at radius 1 is 1.14 bits per heavy atom. The van der Waals surface area contributed by atoms with Gasteiger partial charge in [0.05, 0.1) is 23.5 Å². The van der Waals surface area contributed by atoms with E-state index in [-0.39, 0.29) is 17.3 Å². The molecule has 1 N–H and O–H groups in total. The zero-order valence-corrected chi connectivity index (χ0v) is 15.7. The molecule has 0 aliphatic carbocycles. The van der Waals surface area contributed by atoms with Crippen LogP contribution in [0.3, 0.4) is 0 Å². The minimum atomic E-state index is -0.453. The molecule has 0 aliphatic heterocycles. The summed E-state index contributed by atoms with van der Waals surface area (Å²) in [5, 5.41) is 22.3. The number of nitrogens with zero attached hydrogens (tertiary/aromatic N) is 3. The van der Waals surface area contributed by atoms with Crippen molar-refractivity contribution in [3.8, 4) is 17.0 Å². The van der Waals surface area contributed by atoms with Crippen molar-refractivity contribution in [3.05, 3.63) is 70.8 Å². The van der Waals surface area contributed by atoms with E-state index in [1.54, 1.807) is 55.6 Å². The van der Waals surface area contributed by atoms with Crippen LogP contribution >= 0.6 is 11.8 Å². The van der Waals surface area contributed by atoms with Gasteiger partial charge in [0.15, 0.2) is 0 Å². The smallest absolute Gasteiger partial charge is 0.269 e. The van der Waals surface area contributed by atoms with Crippen LogP contribution in [0.1, 0.15) is 0 Å². The van der Waals surface area contributed by atoms with Gasteiger partial charge in [-0.1, -0.05) is 17.8 Å². The largest absolute Gasteiger partial charge is 0.497 e. The average Bonchev–Trinajstić information content (AvgIpc) is 2.73. The number of carbonyl (C=O) groups is 1. The molecular formula is C19H16N4O4S. The van der Waals surface area contributed by atoms with Crippen molar-refractivity contribution in [2.75, 3.05) is 18.2 Å². The maximum Gasteiger partial charge on any atom is 0.269 e. The van der Waals surface area contributed by atoms with Gasteiger partial charge in [-0.15, -0.1) is 10.2 Å². The molecule has 0 atom stereocenters. The van der Waals surface area contributed by atoms with Crippen molar-refractivity contribution >= 4 is 29.0 Å². The van der Waals surface area contributed by atoms with E-state index in [4.69, 9.17) is 4.74 Å². The third-order valence-corrected chi connectivity index (χ3v) is 4.64. The number of ether oxygens (including phenoxy) is 1. The average molecular weight is 396 g/mol. The summed E-state index contributed by atoms with van der Waals surface area (Å²) in [6.07, 6.45) is 0. The Labute approximate surface area is 165 Å². The summed E-state index contributed by atoms with van der Waals surface area (Å²) in [4.78, 5) is 22.3. The van der Waals surface area contributed by atoms with Crippen molar-refractivity contribution in [1.82, 2.24) is 10.2 Å². The van der Waals surface area contributed by atoms with Gasteiger partial charge in [-0.2, -0.15) is 0 Å². The van der Waals surface area contributed by atoms with Gasteiger partial charge >= 0.3 is 0 Å². The fraction of sp³-hybridized carbons (Fsp3) is 0.105. The number of amides is 1. The highest BCUT2D eigenvalue weighted by Crippen LogP contribution is 2.23. The summed E-state index contributed by atoms with van der Waals surface area (Å²) in [6, 6.07) is 16.7. The maximum atomic E-state index is 12.1. The number of thioether (sulfide) groups is 1. The summed E-state index contributed by atoms with van der Waals surface area (Å²) < 4.78 is 5.12. The van der Waals surface area contributed by atoms with Crippen LogP contribution in [-0.4, -0.2) is 33.9 Å². The number of aromatic nitrogens is 2. The molecule has 0 fully saturated rings. The van der Waals surface area contributed by atoms with Crippen molar-refractivity contribution in [3.63, 3.8) is 0 Å². The monoisotopic (exact) mass is 396 g/mol. The Bertz CT molecular complexity index is 978. The Kier molecular flexibility index (Phi) is 6.18. The summed E-state index contributed by atoms with van der Waals surface area (Å²) in [7, 11) is 1.57. The van der Waals surface area contributed by atoms with Crippen molar-refractivity contribution in [1.29, 1.82) is 0 Å². The van der Waals surface area contributed by atoms with Gasteiger partial charge in [0.25, 0.3) is 5.69 Å². The molecule has 2 aromatic carbocycles. The second-order valence-electron chi connectivity index (χ2n) is 5.63. The molecule has 28 heavy (non-hydrogen) atoms. The molecule has 9 heteroatoms. The molecule has 0 unspecified atom stereocenters. The number of rotatable bonds is 7. The number of hydrogen-bond donors (Lipinski definition) is 1. The third kappa shape index (κ3) is 5.04. The number of non-ortho nitro benzene ring substituents is 1. The lowest BCUT2D eigenvalue weighted by Crippen LogP contribution is -2.14. The Morgan fingerprint density at radius 3 is 2.57 bits per heavy atom. The van der Waals surface area contributed by atoms with Gasteiger partial charge < -0.3 is 10.1 Å². The first kappa shape index (κ1) is 19.3. The van der Waals surface area contributed by atoms with Gasteiger partial charge in [-0.25, -0.2) is 0 Å². The lowest BCUT2D eigenvalue weighted by Gasteiger charge is -2.07. The molecule has 0 saturated heterocycles. The third-order valence-electron chi connectivity index (χ3n) is 3.72. The first-order valence-corrected chi connectivity index (χ1v) is 9.19. The zero-order valence-electron chi connectivity index (χ0n) is 14.9. The van der Waals surface area contributed by atoms with Crippen LogP contribution in [0, 0.1) is 10.1 Å². The molecule has 1 heterocycles. The number of nitro benzene ring substituents is 1. The van der Waals surface area contributed by atoms with E-state index in [1.807, 2.05) is 0 Å². The van der Waals surface area contributed by atoms with Crippen LogP contribution in [0.25, 0.3) is 11.3 Å². The number of nitrogens with one attached hydrogen (secondary N) is 1. The van der Waals surface area contributed by atoms with Crippen LogP contribution in [0.4, 0.5) is 11.4 Å². The number of carbonyl (C=O) groups excluding carboxylic acids is 1. The zero-order chi connectivity index (χ0) is 19.9. The highest BCUT2D eigenvalue weighted by Gasteiger charge is 2.08. The summed E-state index contributed by atoms with van der Waals surface area (Å²) in [5.74, 6) is 0.681. The predicted octanol–water partition coefficient (Wildman–Crippen LogP) is 3.79. The predicted molar refractivity (Wildman–Crippen MR) is 106 cm³/mol. The second-order valence-corrected chi connectivity index (χ2v) is 6.63. The number of methoxy groups -OCH3 is 1. The number of anilines is 1. The second kappa shape index (κ2) is 8.96. The van der Waals surface area contributed by atoms with Crippen LogP contribution in [0.2, 0.25) is 0 Å². The van der Waals surface area contributed by atoms with Gasteiger partial charge in [0, 0.05) is 29.4 Å². The molecule has 0 spiro atoms. The van der Waals surface area contributed by atoms with Crippen molar-refractivity contribution in [2.45, 2.75) is 5.03 Å². The van der Waals surface area contributed by atoms with Crippen LogP contribution < -0.4 is 10.1 Å². The Hall–Kier alpha value is -3.46. The maximum absolute atomic E-state index is 12.1. The van der Waals surface area contributed by atoms with Gasteiger partial charge in [0.1, 0.15) is 10.8 Å². The van der Waals surface area contributed by atoms with Crippen LogP contribution in [-0.2, 0) is 4.79 Å². The fourth-order valence-corrected chi connectivity index (χ4v) is 2.96. The van der Waals surface area contributed by atoms with Gasteiger partial charge in [0.2, 0.25) is 5.91 Å². The topological polar surface area (TPSA) is 107 Å². The summed E-state index contributed by atoms with van der Waals surface area (Å²) in [5.41, 5.74) is 2.00. The van der Waals surface area contributed by atoms with E-state index < -0.39 is 4.92 Å². The molecular weight excluding hydrogens is 380 g/mol. The lowest BCUT2D eigenvalue weighted by atomic mass is 10.1. The molecule has 0 aliphatic rings. The highest BCUT2D eigenvalue weighted by atomic mass is 32.2. The quantitative estimate of drug-likeness (QED) is 0.368. The van der Waals surface area contributed by atoms with Gasteiger partial charge in [-0.3, -0.25) is 14.9 Å². The number of nitro groups is 1. The van der Waals surface area contributed by atoms with Crippen molar-refractivity contribution < 1.29 is 14.5 Å². The van der Waals surface area contributed by atoms with Crippen LogP contribution in [0.5, 0.6) is 5.75 Å². The molecule has 3 aromatic rings. The minimum absolute atomic E-state index is 0.0194. The summed E-state index contributed by atoms with van der Waals surface area (Å²) in [6.45, 7) is 0.